The molecule has 7 rings (SSSR count). The van der Waals surface area contributed by atoms with Gasteiger partial charge in [0.05, 0.1) is 48.7 Å². The van der Waals surface area contributed by atoms with Crippen molar-refractivity contribution in [3.05, 3.63) is 0 Å². The lowest BCUT2D eigenvalue weighted by Crippen LogP contribution is -2.70. The molecular weight excluding hydrogens is 640 g/mol. The number of morpholine rings is 1. The molecule has 11 heteroatoms. The van der Waals surface area contributed by atoms with E-state index in [0.29, 0.717) is 32.0 Å². The predicted molar refractivity (Wildman–Crippen MR) is 185 cm³/mol. The van der Waals surface area contributed by atoms with Crippen molar-refractivity contribution in [2.75, 3.05) is 19.7 Å². The molecule has 0 amide bonds. The van der Waals surface area contributed by atoms with Crippen LogP contribution in [0.25, 0.3) is 0 Å². The molecule has 2 aliphatic heterocycles. The molecule has 2 spiro atoms. The van der Waals surface area contributed by atoms with Crippen molar-refractivity contribution in [3.8, 4) is 0 Å². The number of carboxylic acid groups (broad SMARTS) is 1. The third kappa shape index (κ3) is 4.92. The van der Waals surface area contributed by atoms with E-state index in [2.05, 4.69) is 27.7 Å². The van der Waals surface area contributed by atoms with Crippen LogP contribution in [-0.4, -0.2) is 105 Å². The molecular formula is C39H64N2O9. The number of aliphatic hydroxyl groups is 2. The molecule has 284 valence electrons. The second-order valence-electron chi connectivity index (χ2n) is 19.6. The predicted octanol–water partition coefficient (Wildman–Crippen LogP) is 4.10. The summed E-state index contributed by atoms with van der Waals surface area (Å²) in [5, 5.41) is 33.3. The first-order chi connectivity index (χ1) is 23.1. The molecule has 0 aromatic heterocycles. The standard InChI is InChI=1S/C39H64N2O9/c1-21-18-23(31(35(7,8)46)48-22(2)42)49-29-28(21)36(9)14-15-38-20-37(38)13-12-26(50-27-19-41(16-17-47-27)34(5,6)32(44)45)33(3,4)24(37)10-11-25(38)39(36,40)30(29)43/h21,23-31,43,46H,10-20,40H2,1-9H3,(H,44,45). The Bertz CT molecular complexity index is 1380. The summed E-state index contributed by atoms with van der Waals surface area (Å²) in [5.41, 5.74) is 4.45. The van der Waals surface area contributed by atoms with Crippen LogP contribution >= 0.6 is 0 Å². The Labute approximate surface area is 298 Å². The highest BCUT2D eigenvalue weighted by atomic mass is 16.7. The van der Waals surface area contributed by atoms with Gasteiger partial charge in [-0.25, -0.2) is 0 Å². The lowest BCUT2D eigenvalue weighted by atomic mass is 9.43. The number of esters is 1. The average molecular weight is 705 g/mol. The molecule has 5 N–H and O–H groups in total. The molecule has 2 saturated heterocycles. The highest BCUT2D eigenvalue weighted by Crippen LogP contribution is 2.87. The molecule has 50 heavy (non-hydrogen) atoms. The molecule has 2 heterocycles. The van der Waals surface area contributed by atoms with Crippen LogP contribution in [0, 0.1) is 45.3 Å². The summed E-state index contributed by atoms with van der Waals surface area (Å²) in [7, 11) is 0. The van der Waals surface area contributed by atoms with E-state index in [-0.39, 0.29) is 45.5 Å². The maximum Gasteiger partial charge on any atom is 0.323 e. The van der Waals surface area contributed by atoms with Gasteiger partial charge >= 0.3 is 11.9 Å². The van der Waals surface area contributed by atoms with Crippen molar-refractivity contribution in [2.24, 2.45) is 51.1 Å². The summed E-state index contributed by atoms with van der Waals surface area (Å²) < 4.78 is 25.3. The van der Waals surface area contributed by atoms with Gasteiger partial charge in [-0.2, -0.15) is 0 Å². The van der Waals surface area contributed by atoms with Crippen LogP contribution in [0.2, 0.25) is 0 Å². The number of hydrogen-bond donors (Lipinski definition) is 4. The third-order valence-electron chi connectivity index (χ3n) is 16.2. The summed E-state index contributed by atoms with van der Waals surface area (Å²) in [6.45, 7) is 18.8. The van der Waals surface area contributed by atoms with E-state index in [9.17, 15) is 24.9 Å². The van der Waals surface area contributed by atoms with Gasteiger partial charge in [0.25, 0.3) is 0 Å². The molecule has 14 unspecified atom stereocenters. The number of nitrogens with zero attached hydrogens (tertiary/aromatic N) is 1. The smallest absolute Gasteiger partial charge is 0.323 e. The van der Waals surface area contributed by atoms with E-state index in [1.165, 1.54) is 6.92 Å². The van der Waals surface area contributed by atoms with Crippen molar-refractivity contribution >= 4 is 11.9 Å². The molecule has 11 nitrogen and oxygen atoms in total. The maximum atomic E-state index is 12.5. The van der Waals surface area contributed by atoms with Gasteiger partial charge in [-0.05, 0) is 124 Å². The minimum Gasteiger partial charge on any atom is -0.480 e. The first-order valence-corrected chi connectivity index (χ1v) is 19.4. The van der Waals surface area contributed by atoms with Crippen LogP contribution in [0.1, 0.15) is 114 Å². The number of nitrogens with two attached hydrogens (primary N) is 1. The summed E-state index contributed by atoms with van der Waals surface area (Å²) in [4.78, 5) is 26.0. The largest absolute Gasteiger partial charge is 0.480 e. The highest BCUT2D eigenvalue weighted by Gasteiger charge is 2.85. The number of carbonyl (C=O) groups is 2. The quantitative estimate of drug-likeness (QED) is 0.283. The summed E-state index contributed by atoms with van der Waals surface area (Å²) >= 11 is 0. The van der Waals surface area contributed by atoms with E-state index in [1.807, 2.05) is 4.90 Å². The molecule has 5 aliphatic carbocycles. The lowest BCUT2D eigenvalue weighted by Gasteiger charge is -2.63. The van der Waals surface area contributed by atoms with Gasteiger partial charge in [-0.15, -0.1) is 0 Å². The molecule has 0 aromatic carbocycles. The number of carboxylic acids is 1. The summed E-state index contributed by atoms with van der Waals surface area (Å²) in [5.74, 6) is -0.472. The summed E-state index contributed by atoms with van der Waals surface area (Å²) in [6, 6.07) is 0. The highest BCUT2D eigenvalue weighted by molar-refractivity contribution is 5.77. The summed E-state index contributed by atoms with van der Waals surface area (Å²) in [6.07, 6.45) is 4.51. The minimum absolute atomic E-state index is 0.00188. The Morgan fingerprint density at radius 3 is 2.32 bits per heavy atom. The molecule has 14 atom stereocenters. The Kier molecular flexibility index (Phi) is 8.57. The van der Waals surface area contributed by atoms with Crippen molar-refractivity contribution in [3.63, 3.8) is 0 Å². The van der Waals surface area contributed by atoms with Crippen LogP contribution in [0.5, 0.6) is 0 Å². The number of hydrogen-bond acceptors (Lipinski definition) is 10. The van der Waals surface area contributed by atoms with Gasteiger partial charge < -0.3 is 40.0 Å². The fourth-order valence-electron chi connectivity index (χ4n) is 13.8. The SMILES string of the molecule is CC(=O)OC(C1CC(C)C2C(O1)C(O)C1(N)C3CCC4C(C)(C)C(OC5CN(C(C)(C)C(=O)O)CCO5)CCC45CC35CCC21C)C(C)(C)O. The molecule has 0 aromatic rings. The molecule has 0 radical (unpaired) electrons. The van der Waals surface area contributed by atoms with Gasteiger partial charge in [0.1, 0.15) is 5.54 Å². The lowest BCUT2D eigenvalue weighted by molar-refractivity contribution is -0.252. The monoisotopic (exact) mass is 704 g/mol. The fraction of sp³-hybridized carbons (Fsp3) is 0.949. The van der Waals surface area contributed by atoms with E-state index in [1.54, 1.807) is 27.7 Å². The van der Waals surface area contributed by atoms with Crippen LogP contribution in [0.15, 0.2) is 0 Å². The number of aliphatic carboxylic acids is 1. The van der Waals surface area contributed by atoms with Gasteiger partial charge in [0, 0.05) is 13.5 Å². The molecule has 7 aliphatic rings. The van der Waals surface area contributed by atoms with Crippen molar-refractivity contribution in [2.45, 2.75) is 167 Å². The Morgan fingerprint density at radius 2 is 1.68 bits per heavy atom. The molecule has 7 fully saturated rings. The topological polar surface area (TPSA) is 161 Å². The average Bonchev–Trinajstić information content (AvgIpc) is 3.65. The van der Waals surface area contributed by atoms with Gasteiger partial charge in [-0.1, -0.05) is 27.7 Å². The maximum absolute atomic E-state index is 12.5. The fourth-order valence-corrected chi connectivity index (χ4v) is 13.8. The van der Waals surface area contributed by atoms with Crippen LogP contribution < -0.4 is 5.73 Å². The van der Waals surface area contributed by atoms with Crippen molar-refractivity contribution in [1.82, 2.24) is 4.90 Å². The van der Waals surface area contributed by atoms with Gasteiger partial charge in [0.15, 0.2) is 12.4 Å². The first kappa shape index (κ1) is 37.0. The van der Waals surface area contributed by atoms with Crippen molar-refractivity contribution in [1.29, 1.82) is 0 Å². The minimum atomic E-state index is -1.31. The zero-order valence-electron chi connectivity index (χ0n) is 31.9. The zero-order valence-corrected chi connectivity index (χ0v) is 31.9. The van der Waals surface area contributed by atoms with Crippen LogP contribution in [-0.2, 0) is 28.5 Å². The first-order valence-electron chi connectivity index (χ1n) is 19.4. The number of ether oxygens (including phenoxy) is 4. The van der Waals surface area contributed by atoms with Crippen molar-refractivity contribution < 1.29 is 43.9 Å². The van der Waals surface area contributed by atoms with E-state index >= 15 is 0 Å². The van der Waals surface area contributed by atoms with E-state index < -0.39 is 59.3 Å². The zero-order chi connectivity index (χ0) is 36.6. The molecule has 5 saturated carbocycles. The normalized spacial score (nSPS) is 49.0. The van der Waals surface area contributed by atoms with E-state index in [4.69, 9.17) is 24.7 Å². The number of aliphatic hydroxyl groups excluding tert-OH is 1. The second-order valence-corrected chi connectivity index (χ2v) is 19.6. The van der Waals surface area contributed by atoms with Gasteiger partial charge in [-0.3, -0.25) is 14.5 Å². The Morgan fingerprint density at radius 1 is 1.02 bits per heavy atom. The van der Waals surface area contributed by atoms with Crippen LogP contribution in [0.3, 0.4) is 0 Å². The number of rotatable bonds is 7. The Balaban J connectivity index is 1.11. The third-order valence-corrected chi connectivity index (χ3v) is 16.2. The Hall–Kier alpha value is -1.34. The second kappa shape index (κ2) is 11.6. The number of fused-ring (bicyclic) bond motifs is 4. The van der Waals surface area contributed by atoms with Gasteiger partial charge in [0.2, 0.25) is 0 Å². The molecule has 0 bridgehead atoms. The van der Waals surface area contributed by atoms with E-state index in [0.717, 1.165) is 44.9 Å². The van der Waals surface area contributed by atoms with Crippen LogP contribution in [0.4, 0.5) is 0 Å². The number of carbonyl (C=O) groups excluding carboxylic acids is 1.